The van der Waals surface area contributed by atoms with Gasteiger partial charge in [-0.2, -0.15) is 4.98 Å². The zero-order valence-corrected chi connectivity index (χ0v) is 17.1. The molecule has 0 saturated heterocycles. The molecule has 4 aromatic rings. The Balaban J connectivity index is 1.53. The molecule has 0 fully saturated rings. The van der Waals surface area contributed by atoms with E-state index in [4.69, 9.17) is 9.15 Å². The molecule has 2 aromatic carbocycles. The first kappa shape index (κ1) is 19.3. The molecule has 1 unspecified atom stereocenters. The lowest BCUT2D eigenvalue weighted by Crippen LogP contribution is -2.16. The second-order valence-electron chi connectivity index (χ2n) is 6.74. The highest BCUT2D eigenvalue weighted by Gasteiger charge is 2.28. The molecule has 5 rings (SSSR count). The summed E-state index contributed by atoms with van der Waals surface area (Å²) in [7, 11) is 0. The largest absolute Gasteiger partial charge is 0.455 e. The van der Waals surface area contributed by atoms with Crippen molar-refractivity contribution in [3.05, 3.63) is 84.9 Å². The molecule has 0 radical (unpaired) electrons. The molecule has 1 aliphatic rings. The minimum absolute atomic E-state index is 0.296. The van der Waals surface area contributed by atoms with Crippen LogP contribution in [0.5, 0.6) is 5.88 Å². The Morgan fingerprint density at radius 1 is 1.06 bits per heavy atom. The third kappa shape index (κ3) is 3.89. The lowest BCUT2D eigenvalue weighted by Gasteiger charge is -2.16. The Morgan fingerprint density at radius 2 is 1.90 bits per heavy atom. The van der Waals surface area contributed by atoms with Gasteiger partial charge in [0.15, 0.2) is 11.5 Å². The first-order valence-corrected chi connectivity index (χ1v) is 10.6. The van der Waals surface area contributed by atoms with Crippen molar-refractivity contribution in [1.82, 2.24) is 15.2 Å². The van der Waals surface area contributed by atoms with E-state index >= 15 is 0 Å². The second kappa shape index (κ2) is 8.23. The molecular formula is C23H17FN4O2S. The third-order valence-electron chi connectivity index (χ3n) is 4.68. The number of anilines is 1. The van der Waals surface area contributed by atoms with Gasteiger partial charge in [-0.3, -0.25) is 0 Å². The molecule has 1 aliphatic heterocycles. The van der Waals surface area contributed by atoms with E-state index in [-0.39, 0.29) is 5.82 Å². The number of ether oxygens (including phenoxy) is 1. The van der Waals surface area contributed by atoms with Gasteiger partial charge < -0.3 is 14.5 Å². The smallest absolute Gasteiger partial charge is 0.247 e. The van der Waals surface area contributed by atoms with E-state index in [2.05, 4.69) is 27.1 Å². The Labute approximate surface area is 182 Å². The lowest BCUT2D eigenvalue weighted by atomic mass is 10.1. The predicted molar refractivity (Wildman–Crippen MR) is 117 cm³/mol. The van der Waals surface area contributed by atoms with Gasteiger partial charge in [0.1, 0.15) is 11.6 Å². The summed E-state index contributed by atoms with van der Waals surface area (Å²) in [6.45, 7) is 3.72. The van der Waals surface area contributed by atoms with Crippen molar-refractivity contribution in [2.45, 2.75) is 11.4 Å². The van der Waals surface area contributed by atoms with Crippen LogP contribution in [0.4, 0.5) is 10.1 Å². The zero-order chi connectivity index (χ0) is 21.2. The topological polar surface area (TPSA) is 73.1 Å². The maximum atomic E-state index is 13.2. The van der Waals surface area contributed by atoms with Gasteiger partial charge in [0, 0.05) is 22.6 Å². The number of halogens is 1. The molecule has 31 heavy (non-hydrogen) atoms. The van der Waals surface area contributed by atoms with Crippen molar-refractivity contribution in [1.29, 1.82) is 0 Å². The van der Waals surface area contributed by atoms with Crippen molar-refractivity contribution in [3.8, 4) is 28.5 Å². The number of benzene rings is 2. The number of nitrogens with one attached hydrogen (secondary N) is 1. The lowest BCUT2D eigenvalue weighted by molar-refractivity contribution is 0.196. The van der Waals surface area contributed by atoms with E-state index in [9.17, 15) is 4.39 Å². The number of aromatic nitrogens is 3. The fourth-order valence-electron chi connectivity index (χ4n) is 3.23. The van der Waals surface area contributed by atoms with Crippen molar-refractivity contribution in [2.75, 3.05) is 11.1 Å². The highest BCUT2D eigenvalue weighted by atomic mass is 32.2. The van der Waals surface area contributed by atoms with Crippen LogP contribution in [0.1, 0.15) is 12.0 Å². The summed E-state index contributed by atoms with van der Waals surface area (Å²) in [4.78, 5) is 4.56. The number of para-hydroxylation sites is 1. The van der Waals surface area contributed by atoms with Gasteiger partial charge in [0.2, 0.25) is 17.3 Å². The number of fused-ring (bicyclic) bond motifs is 3. The predicted octanol–water partition coefficient (Wildman–Crippen LogP) is 5.72. The van der Waals surface area contributed by atoms with Crippen LogP contribution < -0.4 is 10.1 Å². The summed E-state index contributed by atoms with van der Waals surface area (Å²) in [5, 5.41) is 12.4. The fourth-order valence-corrected chi connectivity index (χ4v) is 3.75. The Hall–Kier alpha value is -3.65. The third-order valence-corrected chi connectivity index (χ3v) is 5.51. The van der Waals surface area contributed by atoms with Crippen LogP contribution >= 0.6 is 11.8 Å². The van der Waals surface area contributed by atoms with Crippen molar-refractivity contribution >= 4 is 17.4 Å². The molecule has 0 bridgehead atoms. The van der Waals surface area contributed by atoms with E-state index in [1.54, 1.807) is 18.2 Å². The molecule has 1 N–H and O–H groups in total. The Bertz CT molecular complexity index is 1240. The molecule has 8 heteroatoms. The normalized spacial score (nSPS) is 14.5. The monoisotopic (exact) mass is 432 g/mol. The summed E-state index contributed by atoms with van der Waals surface area (Å²) in [6.07, 6.45) is 1.14. The number of furan rings is 1. The minimum atomic E-state index is -0.634. The van der Waals surface area contributed by atoms with Crippen LogP contribution in [-0.4, -0.2) is 20.9 Å². The Kier molecular flexibility index (Phi) is 5.13. The summed E-state index contributed by atoms with van der Waals surface area (Å²) < 4.78 is 25.5. The number of nitrogens with zero attached hydrogens (tertiary/aromatic N) is 3. The molecular weight excluding hydrogens is 415 g/mol. The highest BCUT2D eigenvalue weighted by molar-refractivity contribution is 7.99. The van der Waals surface area contributed by atoms with Gasteiger partial charge in [-0.1, -0.05) is 36.0 Å². The van der Waals surface area contributed by atoms with Gasteiger partial charge in [-0.25, -0.2) is 4.39 Å². The molecule has 6 nitrogen and oxygen atoms in total. The minimum Gasteiger partial charge on any atom is -0.455 e. The average molecular weight is 432 g/mol. The van der Waals surface area contributed by atoms with Gasteiger partial charge >= 0.3 is 0 Å². The first-order chi connectivity index (χ1) is 15.2. The Morgan fingerprint density at radius 3 is 2.74 bits per heavy atom. The number of hydrogen-bond donors (Lipinski definition) is 1. The van der Waals surface area contributed by atoms with Crippen LogP contribution in [0.15, 0.2) is 82.9 Å². The van der Waals surface area contributed by atoms with Crippen LogP contribution in [0, 0.1) is 5.82 Å². The van der Waals surface area contributed by atoms with Crippen molar-refractivity contribution in [2.24, 2.45) is 0 Å². The number of rotatable bonds is 5. The van der Waals surface area contributed by atoms with Crippen LogP contribution in [0.25, 0.3) is 22.6 Å². The molecule has 0 aliphatic carbocycles. The summed E-state index contributed by atoms with van der Waals surface area (Å²) in [5.41, 5.74) is 2.99. The zero-order valence-electron chi connectivity index (χ0n) is 16.3. The number of thioether (sulfide) groups is 1. The molecule has 1 atom stereocenters. The average Bonchev–Trinajstić information content (AvgIpc) is 3.22. The van der Waals surface area contributed by atoms with Crippen molar-refractivity contribution in [3.63, 3.8) is 0 Å². The molecule has 0 amide bonds. The SMILES string of the molecule is C=CCSc1nnc2c(n1)OC(c1ccc(-c3ccc(F)cc3)o1)Nc1ccccc1-2. The standard InChI is InChI=1S/C23H17FN4O2S/c1-2-13-31-23-26-22-20(27-28-23)16-5-3-4-6-17(16)25-21(30-22)19-12-11-18(29-19)14-7-9-15(24)10-8-14/h2-12,21,25H,1,13H2. The van der Waals surface area contributed by atoms with Crippen molar-refractivity contribution < 1.29 is 13.5 Å². The van der Waals surface area contributed by atoms with E-state index < -0.39 is 6.23 Å². The van der Waals surface area contributed by atoms with E-state index in [1.165, 1.54) is 23.9 Å². The molecule has 2 aromatic heterocycles. The summed E-state index contributed by atoms with van der Waals surface area (Å²) in [6, 6.07) is 17.5. The second-order valence-corrected chi connectivity index (χ2v) is 7.73. The molecule has 0 saturated carbocycles. The molecule has 154 valence electrons. The maximum Gasteiger partial charge on any atom is 0.247 e. The van der Waals surface area contributed by atoms with Gasteiger partial charge in [-0.15, -0.1) is 16.8 Å². The summed E-state index contributed by atoms with van der Waals surface area (Å²) in [5.74, 6) is 1.90. The molecule has 0 spiro atoms. The van der Waals surface area contributed by atoms with Crippen LogP contribution in [0.2, 0.25) is 0 Å². The number of hydrogen-bond acceptors (Lipinski definition) is 7. The fraction of sp³-hybridized carbons (Fsp3) is 0.0870. The molecule has 3 heterocycles. The highest BCUT2D eigenvalue weighted by Crippen LogP contribution is 2.40. The van der Waals surface area contributed by atoms with E-state index in [0.29, 0.717) is 34.0 Å². The van der Waals surface area contributed by atoms with Gasteiger partial charge in [0.25, 0.3) is 0 Å². The van der Waals surface area contributed by atoms with E-state index in [1.807, 2.05) is 36.4 Å². The summed E-state index contributed by atoms with van der Waals surface area (Å²) >= 11 is 1.42. The van der Waals surface area contributed by atoms with E-state index in [0.717, 1.165) is 16.8 Å². The quantitative estimate of drug-likeness (QED) is 0.319. The van der Waals surface area contributed by atoms with Gasteiger partial charge in [0.05, 0.1) is 0 Å². The van der Waals surface area contributed by atoms with Gasteiger partial charge in [-0.05, 0) is 42.5 Å². The first-order valence-electron chi connectivity index (χ1n) is 9.58. The van der Waals surface area contributed by atoms with Crippen LogP contribution in [0.3, 0.4) is 0 Å². The van der Waals surface area contributed by atoms with Crippen LogP contribution in [-0.2, 0) is 0 Å². The maximum absolute atomic E-state index is 13.2.